The highest BCUT2D eigenvalue weighted by atomic mass is 16.3. The van der Waals surface area contributed by atoms with Gasteiger partial charge in [-0.25, -0.2) is 0 Å². The van der Waals surface area contributed by atoms with Gasteiger partial charge in [0.05, 0.1) is 12.1 Å². The third-order valence-corrected chi connectivity index (χ3v) is 5.30. The lowest BCUT2D eigenvalue weighted by molar-refractivity contribution is 0.0786. The van der Waals surface area contributed by atoms with E-state index in [4.69, 9.17) is 0 Å². The van der Waals surface area contributed by atoms with E-state index in [1.54, 1.807) is 36.2 Å². The zero-order valence-corrected chi connectivity index (χ0v) is 19.1. The first-order chi connectivity index (χ1) is 15.8. The first kappa shape index (κ1) is 23.8. The molecule has 2 N–H and O–H groups in total. The van der Waals surface area contributed by atoms with Crippen molar-refractivity contribution in [3.05, 3.63) is 89.5 Å². The van der Waals surface area contributed by atoms with Crippen molar-refractivity contribution in [1.29, 1.82) is 0 Å². The first-order valence-electron chi connectivity index (χ1n) is 10.6. The van der Waals surface area contributed by atoms with Crippen molar-refractivity contribution in [2.24, 2.45) is 0 Å². The Morgan fingerprint density at radius 3 is 2.06 bits per heavy atom. The van der Waals surface area contributed by atoms with E-state index in [2.05, 4.69) is 0 Å². The van der Waals surface area contributed by atoms with Gasteiger partial charge in [0.15, 0.2) is 0 Å². The highest BCUT2D eigenvalue weighted by Crippen LogP contribution is 2.27. The number of carbonyl (C=O) groups excluding carboxylic acids is 2. The van der Waals surface area contributed by atoms with Crippen molar-refractivity contribution in [3.63, 3.8) is 0 Å². The molecule has 0 fully saturated rings. The number of aromatic hydroxyl groups is 2. The summed E-state index contributed by atoms with van der Waals surface area (Å²) in [5.41, 5.74) is 2.10. The average molecular weight is 448 g/mol. The van der Waals surface area contributed by atoms with Crippen LogP contribution in [0.5, 0.6) is 11.5 Å². The largest absolute Gasteiger partial charge is 0.508 e. The van der Waals surface area contributed by atoms with Crippen LogP contribution in [0.15, 0.2) is 72.8 Å². The van der Waals surface area contributed by atoms with Gasteiger partial charge in [-0.1, -0.05) is 30.3 Å². The Morgan fingerprint density at radius 1 is 0.788 bits per heavy atom. The quantitative estimate of drug-likeness (QED) is 0.552. The summed E-state index contributed by atoms with van der Waals surface area (Å²) in [4.78, 5) is 31.3. The maximum atomic E-state index is 13.4. The van der Waals surface area contributed by atoms with Crippen molar-refractivity contribution in [1.82, 2.24) is 9.80 Å². The van der Waals surface area contributed by atoms with Crippen LogP contribution in [-0.4, -0.2) is 66.1 Å². The lowest BCUT2D eigenvalue weighted by Crippen LogP contribution is -2.33. The zero-order valence-electron chi connectivity index (χ0n) is 19.1. The predicted molar refractivity (Wildman–Crippen MR) is 129 cm³/mol. The van der Waals surface area contributed by atoms with Crippen LogP contribution in [-0.2, 0) is 6.54 Å². The Morgan fingerprint density at radius 2 is 1.45 bits per heavy atom. The Kier molecular flexibility index (Phi) is 7.69. The second-order valence-corrected chi connectivity index (χ2v) is 8.16. The van der Waals surface area contributed by atoms with Crippen LogP contribution >= 0.6 is 0 Å². The molecule has 7 heteroatoms. The number of anilines is 1. The Hall–Kier alpha value is -3.84. The molecule has 0 bridgehead atoms. The molecule has 7 nitrogen and oxygen atoms in total. The Labute approximate surface area is 194 Å². The molecule has 0 spiro atoms. The Bertz CT molecular complexity index is 1100. The van der Waals surface area contributed by atoms with Gasteiger partial charge in [0.1, 0.15) is 11.5 Å². The fourth-order valence-corrected chi connectivity index (χ4v) is 3.35. The Balaban J connectivity index is 1.89. The molecular formula is C26H29N3O4. The standard InChI is InChI=1S/C26H29N3O4/c1-27(2)15-16-28(3)25(32)20-9-11-21(12-10-20)29(18-19-7-5-4-6-8-19)26(33)23-14-13-22(30)17-24(23)31/h4-14,17,30-31H,15-16,18H2,1-3H3. The number of hydrogen-bond acceptors (Lipinski definition) is 5. The van der Waals surface area contributed by atoms with Crippen LogP contribution in [0.1, 0.15) is 26.3 Å². The fraction of sp³-hybridized carbons (Fsp3) is 0.231. The summed E-state index contributed by atoms with van der Waals surface area (Å²) in [6, 6.07) is 20.2. The summed E-state index contributed by atoms with van der Waals surface area (Å²) in [5, 5.41) is 19.8. The van der Waals surface area contributed by atoms with Crippen molar-refractivity contribution < 1.29 is 19.8 Å². The SMILES string of the molecule is CN(C)CCN(C)C(=O)c1ccc(N(Cc2ccccc2)C(=O)c2ccc(O)cc2O)cc1. The smallest absolute Gasteiger partial charge is 0.262 e. The zero-order chi connectivity index (χ0) is 24.0. The maximum Gasteiger partial charge on any atom is 0.262 e. The molecule has 3 aromatic rings. The van der Waals surface area contributed by atoms with Gasteiger partial charge in [0, 0.05) is 37.5 Å². The van der Waals surface area contributed by atoms with Gasteiger partial charge in [-0.3, -0.25) is 9.59 Å². The second kappa shape index (κ2) is 10.7. The number of likely N-dealkylation sites (N-methyl/N-ethyl adjacent to an activating group) is 2. The molecule has 0 aliphatic heterocycles. The second-order valence-electron chi connectivity index (χ2n) is 8.16. The topological polar surface area (TPSA) is 84.3 Å². The molecule has 3 aromatic carbocycles. The summed E-state index contributed by atoms with van der Waals surface area (Å²) in [6.07, 6.45) is 0. The van der Waals surface area contributed by atoms with Crippen LogP contribution in [0.4, 0.5) is 5.69 Å². The van der Waals surface area contributed by atoms with Crippen LogP contribution in [0.25, 0.3) is 0 Å². The molecule has 0 radical (unpaired) electrons. The van der Waals surface area contributed by atoms with E-state index in [1.165, 1.54) is 17.0 Å². The summed E-state index contributed by atoms with van der Waals surface area (Å²) in [6.45, 7) is 1.64. The molecule has 0 atom stereocenters. The van der Waals surface area contributed by atoms with Crippen LogP contribution < -0.4 is 4.90 Å². The number of hydrogen-bond donors (Lipinski definition) is 2. The van der Waals surface area contributed by atoms with Crippen molar-refractivity contribution in [2.75, 3.05) is 39.1 Å². The summed E-state index contributed by atoms with van der Waals surface area (Å²) < 4.78 is 0. The van der Waals surface area contributed by atoms with E-state index in [9.17, 15) is 19.8 Å². The number of amides is 2. The van der Waals surface area contributed by atoms with Crippen LogP contribution in [0.2, 0.25) is 0 Å². The minimum Gasteiger partial charge on any atom is -0.508 e. The molecule has 3 rings (SSSR count). The fourth-order valence-electron chi connectivity index (χ4n) is 3.35. The number of carbonyl (C=O) groups is 2. The van der Waals surface area contributed by atoms with Crippen molar-refractivity contribution in [3.8, 4) is 11.5 Å². The van der Waals surface area contributed by atoms with E-state index in [0.717, 1.165) is 18.2 Å². The van der Waals surface area contributed by atoms with E-state index in [-0.39, 0.29) is 29.5 Å². The molecular weight excluding hydrogens is 418 g/mol. The molecule has 0 aliphatic rings. The molecule has 172 valence electrons. The van der Waals surface area contributed by atoms with Gasteiger partial charge in [-0.15, -0.1) is 0 Å². The molecule has 0 saturated carbocycles. The summed E-state index contributed by atoms with van der Waals surface area (Å²) in [5.74, 6) is -0.939. The van der Waals surface area contributed by atoms with Crippen LogP contribution in [0.3, 0.4) is 0 Å². The number of phenols is 2. The molecule has 0 unspecified atom stereocenters. The molecule has 2 amide bonds. The molecule has 0 saturated heterocycles. The molecule has 0 aromatic heterocycles. The normalized spacial score (nSPS) is 10.8. The molecule has 0 heterocycles. The van der Waals surface area contributed by atoms with E-state index in [0.29, 0.717) is 17.8 Å². The van der Waals surface area contributed by atoms with E-state index in [1.807, 2.05) is 49.3 Å². The minimum atomic E-state index is -0.418. The third kappa shape index (κ3) is 6.11. The summed E-state index contributed by atoms with van der Waals surface area (Å²) >= 11 is 0. The number of benzene rings is 3. The molecule has 33 heavy (non-hydrogen) atoms. The predicted octanol–water partition coefficient (Wildman–Crippen LogP) is 3.58. The van der Waals surface area contributed by atoms with E-state index >= 15 is 0 Å². The van der Waals surface area contributed by atoms with Crippen molar-refractivity contribution >= 4 is 17.5 Å². The average Bonchev–Trinajstić information content (AvgIpc) is 2.81. The van der Waals surface area contributed by atoms with E-state index < -0.39 is 5.91 Å². The van der Waals surface area contributed by atoms with Crippen molar-refractivity contribution in [2.45, 2.75) is 6.54 Å². The number of phenolic OH excluding ortho intramolecular Hbond substituents is 2. The number of nitrogens with zero attached hydrogens (tertiary/aromatic N) is 3. The highest BCUT2D eigenvalue weighted by molar-refractivity contribution is 6.08. The third-order valence-electron chi connectivity index (χ3n) is 5.30. The van der Waals surface area contributed by atoms with Gasteiger partial charge in [0.25, 0.3) is 11.8 Å². The highest BCUT2D eigenvalue weighted by Gasteiger charge is 2.22. The maximum absolute atomic E-state index is 13.4. The van der Waals surface area contributed by atoms with Gasteiger partial charge in [-0.2, -0.15) is 0 Å². The van der Waals surface area contributed by atoms with Gasteiger partial charge in [-0.05, 0) is 56.1 Å². The number of rotatable bonds is 8. The first-order valence-corrected chi connectivity index (χ1v) is 10.6. The van der Waals surface area contributed by atoms with Gasteiger partial charge < -0.3 is 24.9 Å². The summed E-state index contributed by atoms with van der Waals surface area (Å²) in [7, 11) is 5.67. The van der Waals surface area contributed by atoms with Gasteiger partial charge >= 0.3 is 0 Å². The molecule has 0 aliphatic carbocycles. The lowest BCUT2D eigenvalue weighted by Gasteiger charge is -2.24. The monoisotopic (exact) mass is 447 g/mol. The van der Waals surface area contributed by atoms with Gasteiger partial charge in [0.2, 0.25) is 0 Å². The lowest BCUT2D eigenvalue weighted by atomic mass is 10.1. The van der Waals surface area contributed by atoms with Crippen LogP contribution in [0, 0.1) is 0 Å². The minimum absolute atomic E-state index is 0.0762.